The lowest BCUT2D eigenvalue weighted by Crippen LogP contribution is -2.36. The number of amides is 1. The van der Waals surface area contributed by atoms with Crippen LogP contribution in [0.3, 0.4) is 0 Å². The maximum atomic E-state index is 12.9. The van der Waals surface area contributed by atoms with Crippen LogP contribution in [0.2, 0.25) is 0 Å². The van der Waals surface area contributed by atoms with Crippen LogP contribution in [0.1, 0.15) is 45.7 Å². The minimum absolute atomic E-state index is 0.121. The average molecular weight is 379 g/mol. The normalized spacial score (nSPS) is 11.8. The highest BCUT2D eigenvalue weighted by Gasteiger charge is 2.32. The number of nitrogens with one attached hydrogen (secondary N) is 1. The Morgan fingerprint density at radius 2 is 1.56 bits per heavy atom. The molecule has 2 rings (SSSR count). The predicted molar refractivity (Wildman–Crippen MR) is 94.6 cm³/mol. The Morgan fingerprint density at radius 1 is 0.963 bits per heavy atom. The largest absolute Gasteiger partial charge is 0.465 e. The lowest BCUT2D eigenvalue weighted by molar-refractivity contribution is -0.137. The highest BCUT2D eigenvalue weighted by molar-refractivity contribution is 5.97. The zero-order valence-electron chi connectivity index (χ0n) is 15.2. The number of alkyl halides is 3. The molecule has 1 amide bonds. The Morgan fingerprint density at radius 3 is 2.19 bits per heavy atom. The zero-order valence-corrected chi connectivity index (χ0v) is 15.2. The van der Waals surface area contributed by atoms with E-state index < -0.39 is 29.0 Å². The van der Waals surface area contributed by atoms with Crippen molar-refractivity contribution >= 4 is 11.9 Å². The summed E-state index contributed by atoms with van der Waals surface area (Å²) in [5.74, 6) is -0.991. The van der Waals surface area contributed by atoms with Crippen molar-refractivity contribution in [1.29, 1.82) is 0 Å². The topological polar surface area (TPSA) is 55.4 Å². The van der Waals surface area contributed by atoms with E-state index in [1.807, 2.05) is 0 Å². The maximum absolute atomic E-state index is 12.9. The van der Waals surface area contributed by atoms with Crippen LogP contribution in [-0.4, -0.2) is 25.5 Å². The first-order chi connectivity index (χ1) is 12.5. The van der Waals surface area contributed by atoms with Gasteiger partial charge in [0.15, 0.2) is 0 Å². The first-order valence-electron chi connectivity index (χ1n) is 8.19. The summed E-state index contributed by atoms with van der Waals surface area (Å²) in [6.07, 6.45) is -4.43. The average Bonchev–Trinajstić information content (AvgIpc) is 2.65. The molecule has 2 aromatic carbocycles. The van der Waals surface area contributed by atoms with Gasteiger partial charge in [0.2, 0.25) is 0 Å². The van der Waals surface area contributed by atoms with Crippen LogP contribution in [0.25, 0.3) is 0 Å². The predicted octanol–water partition coefficient (Wildman–Crippen LogP) is 4.20. The molecule has 2 aromatic rings. The third-order valence-corrected chi connectivity index (χ3v) is 4.21. The third-order valence-electron chi connectivity index (χ3n) is 4.21. The smallest absolute Gasteiger partial charge is 0.416 e. The van der Waals surface area contributed by atoms with Gasteiger partial charge in [-0.1, -0.05) is 38.1 Å². The molecular weight excluding hydrogens is 359 g/mol. The standard InChI is InChI=1S/C20H20F3NO3/c1-19(2,15-8-5-9-16(11-15)20(21,22)23)12-24-17(25)13-6-4-7-14(10-13)18(26)27-3/h4-11H,12H2,1-3H3,(H,24,25). The molecule has 4 nitrogen and oxygen atoms in total. The van der Waals surface area contributed by atoms with Crippen LogP contribution in [0, 0.1) is 0 Å². The van der Waals surface area contributed by atoms with Crippen LogP contribution in [-0.2, 0) is 16.3 Å². The molecule has 0 saturated heterocycles. The molecule has 0 bridgehead atoms. The van der Waals surface area contributed by atoms with Crippen LogP contribution < -0.4 is 5.32 Å². The van der Waals surface area contributed by atoms with Crippen LogP contribution in [0.4, 0.5) is 13.2 Å². The number of benzene rings is 2. The Kier molecular flexibility index (Phi) is 5.93. The van der Waals surface area contributed by atoms with Crippen molar-refractivity contribution in [1.82, 2.24) is 5.32 Å². The van der Waals surface area contributed by atoms with Gasteiger partial charge >= 0.3 is 12.1 Å². The molecule has 0 heterocycles. The number of esters is 1. The summed E-state index contributed by atoms with van der Waals surface area (Å²) in [4.78, 5) is 23.9. The van der Waals surface area contributed by atoms with Gasteiger partial charge in [-0.3, -0.25) is 4.79 Å². The van der Waals surface area contributed by atoms with E-state index in [2.05, 4.69) is 10.1 Å². The molecule has 1 N–H and O–H groups in total. The summed E-state index contributed by atoms with van der Waals surface area (Å²) in [6, 6.07) is 11.1. The number of methoxy groups -OCH3 is 1. The fraction of sp³-hybridized carbons (Fsp3) is 0.300. The second-order valence-electron chi connectivity index (χ2n) is 6.72. The van der Waals surface area contributed by atoms with E-state index in [0.29, 0.717) is 5.56 Å². The molecule has 0 radical (unpaired) electrons. The van der Waals surface area contributed by atoms with Crippen molar-refractivity contribution in [3.05, 3.63) is 70.8 Å². The zero-order chi connectivity index (χ0) is 20.2. The molecular formula is C20H20F3NO3. The molecule has 0 unspecified atom stereocenters. The van der Waals surface area contributed by atoms with Gasteiger partial charge in [-0.05, 0) is 29.8 Å². The molecule has 27 heavy (non-hydrogen) atoms. The highest BCUT2D eigenvalue weighted by atomic mass is 19.4. The number of ether oxygens (including phenoxy) is 1. The number of carbonyl (C=O) groups excluding carboxylic acids is 2. The molecule has 0 spiro atoms. The summed E-state index contributed by atoms with van der Waals surface area (Å²) in [6.45, 7) is 3.61. The van der Waals surface area contributed by atoms with E-state index >= 15 is 0 Å². The number of hydrogen-bond donors (Lipinski definition) is 1. The van der Waals surface area contributed by atoms with E-state index in [9.17, 15) is 22.8 Å². The Labute approximate surface area is 155 Å². The third kappa shape index (κ3) is 5.09. The summed E-state index contributed by atoms with van der Waals surface area (Å²) in [5, 5.41) is 2.71. The van der Waals surface area contributed by atoms with Gasteiger partial charge in [-0.25, -0.2) is 4.79 Å². The van der Waals surface area contributed by atoms with Gasteiger partial charge in [0.1, 0.15) is 0 Å². The van der Waals surface area contributed by atoms with Gasteiger partial charge < -0.3 is 10.1 Å². The van der Waals surface area contributed by atoms with E-state index in [4.69, 9.17) is 0 Å². The fourth-order valence-corrected chi connectivity index (χ4v) is 2.53. The molecule has 144 valence electrons. The minimum atomic E-state index is -4.43. The van der Waals surface area contributed by atoms with Gasteiger partial charge in [-0.15, -0.1) is 0 Å². The quantitative estimate of drug-likeness (QED) is 0.793. The van der Waals surface area contributed by atoms with Gasteiger partial charge in [-0.2, -0.15) is 13.2 Å². The number of rotatable bonds is 5. The van der Waals surface area contributed by atoms with Gasteiger partial charge in [0.25, 0.3) is 5.91 Å². The molecule has 0 atom stereocenters. The van der Waals surface area contributed by atoms with E-state index in [1.165, 1.54) is 25.3 Å². The highest BCUT2D eigenvalue weighted by Crippen LogP contribution is 2.32. The van der Waals surface area contributed by atoms with Crippen molar-refractivity contribution < 1.29 is 27.5 Å². The summed E-state index contributed by atoms with van der Waals surface area (Å²) in [7, 11) is 1.24. The molecule has 0 saturated carbocycles. The second-order valence-corrected chi connectivity index (χ2v) is 6.72. The van der Waals surface area contributed by atoms with Crippen LogP contribution in [0.15, 0.2) is 48.5 Å². The lowest BCUT2D eigenvalue weighted by Gasteiger charge is -2.26. The molecule has 0 aliphatic carbocycles. The van der Waals surface area contributed by atoms with Crippen molar-refractivity contribution in [2.75, 3.05) is 13.7 Å². The molecule has 7 heteroatoms. The Balaban J connectivity index is 2.13. The van der Waals surface area contributed by atoms with Gasteiger partial charge in [0.05, 0.1) is 18.2 Å². The monoisotopic (exact) mass is 379 g/mol. The molecule has 0 aliphatic heterocycles. The van der Waals surface area contributed by atoms with E-state index in [0.717, 1.165) is 12.1 Å². The first-order valence-corrected chi connectivity index (χ1v) is 8.19. The summed E-state index contributed by atoms with van der Waals surface area (Å²) < 4.78 is 43.4. The fourth-order valence-electron chi connectivity index (χ4n) is 2.53. The molecule has 0 aromatic heterocycles. The van der Waals surface area contributed by atoms with E-state index in [-0.39, 0.29) is 17.7 Å². The Bertz CT molecular complexity index is 844. The number of hydrogen-bond acceptors (Lipinski definition) is 3. The summed E-state index contributed by atoms with van der Waals surface area (Å²) >= 11 is 0. The van der Waals surface area contributed by atoms with Crippen LogP contribution in [0.5, 0.6) is 0 Å². The first kappa shape index (κ1) is 20.5. The lowest BCUT2D eigenvalue weighted by atomic mass is 9.83. The van der Waals surface area contributed by atoms with Crippen LogP contribution >= 0.6 is 0 Å². The van der Waals surface area contributed by atoms with Crippen molar-refractivity contribution in [3.8, 4) is 0 Å². The molecule has 0 fully saturated rings. The number of carbonyl (C=O) groups is 2. The Hall–Kier alpha value is -2.83. The summed E-state index contributed by atoms with van der Waals surface area (Å²) in [5.41, 5.74) is -0.497. The van der Waals surface area contributed by atoms with E-state index in [1.54, 1.807) is 32.0 Å². The number of halogens is 3. The molecule has 0 aliphatic rings. The van der Waals surface area contributed by atoms with Crippen molar-refractivity contribution in [2.24, 2.45) is 0 Å². The SMILES string of the molecule is COC(=O)c1cccc(C(=O)NCC(C)(C)c2cccc(C(F)(F)F)c2)c1. The van der Waals surface area contributed by atoms with Gasteiger partial charge in [0, 0.05) is 17.5 Å². The minimum Gasteiger partial charge on any atom is -0.465 e. The maximum Gasteiger partial charge on any atom is 0.416 e. The van der Waals surface area contributed by atoms with Crippen molar-refractivity contribution in [2.45, 2.75) is 25.4 Å². The van der Waals surface area contributed by atoms with Crippen molar-refractivity contribution in [3.63, 3.8) is 0 Å². The second kappa shape index (κ2) is 7.82.